The van der Waals surface area contributed by atoms with E-state index in [-0.39, 0.29) is 23.9 Å². The molecule has 3 atom stereocenters. The number of nitrogens with zero attached hydrogens (tertiary/aromatic N) is 3. The van der Waals surface area contributed by atoms with Gasteiger partial charge in [0.15, 0.2) is 0 Å². The molecule has 0 bridgehead atoms. The molecule has 8 heteroatoms. The number of nitrogen functional groups attached to an aromatic ring is 1. The van der Waals surface area contributed by atoms with Crippen LogP contribution in [-0.4, -0.2) is 60.8 Å². The van der Waals surface area contributed by atoms with Gasteiger partial charge in [0.2, 0.25) is 0 Å². The topological polar surface area (TPSA) is 107 Å². The van der Waals surface area contributed by atoms with Crippen LogP contribution < -0.4 is 15.4 Å². The highest BCUT2D eigenvalue weighted by atomic mass is 16.5. The normalized spacial score (nSPS) is 19.7. The molecular formula is C22H27N5O3. The highest BCUT2D eigenvalue weighted by molar-refractivity contribution is 6.13. The first kappa shape index (κ1) is 21.6. The number of aromatic nitrogens is 2. The number of hydrogen-bond acceptors (Lipinski definition) is 8. The van der Waals surface area contributed by atoms with Gasteiger partial charge in [-0.3, -0.25) is 5.41 Å². The second-order valence-electron chi connectivity index (χ2n) is 7.25. The minimum atomic E-state index is -0.227. The van der Waals surface area contributed by atoms with Gasteiger partial charge in [-0.1, -0.05) is 5.92 Å². The number of methoxy groups -OCH3 is 1. The van der Waals surface area contributed by atoms with Gasteiger partial charge >= 0.3 is 0 Å². The molecule has 1 saturated heterocycles. The molecule has 1 aliphatic heterocycles. The monoisotopic (exact) mass is 409 g/mol. The van der Waals surface area contributed by atoms with Gasteiger partial charge in [0.25, 0.3) is 0 Å². The van der Waals surface area contributed by atoms with Crippen molar-refractivity contribution in [3.63, 3.8) is 0 Å². The molecule has 30 heavy (non-hydrogen) atoms. The first-order chi connectivity index (χ1) is 14.4. The van der Waals surface area contributed by atoms with Crippen LogP contribution in [0.25, 0.3) is 0 Å². The summed E-state index contributed by atoms with van der Waals surface area (Å²) in [6.07, 6.45) is 6.99. The molecule has 1 aromatic heterocycles. The number of nitrogens with one attached hydrogen (secondary N) is 1. The summed E-state index contributed by atoms with van der Waals surface area (Å²) in [5, 5.41) is 8.69. The number of morpholine rings is 1. The van der Waals surface area contributed by atoms with Crippen LogP contribution >= 0.6 is 0 Å². The highest BCUT2D eigenvalue weighted by Crippen LogP contribution is 2.26. The number of anilines is 2. The minimum Gasteiger partial charge on any atom is -0.488 e. The molecule has 8 nitrogen and oxygen atoms in total. The van der Waals surface area contributed by atoms with Crippen molar-refractivity contribution >= 4 is 17.2 Å². The molecule has 1 fully saturated rings. The summed E-state index contributed by atoms with van der Waals surface area (Å²) >= 11 is 0. The zero-order chi connectivity index (χ0) is 21.7. The van der Waals surface area contributed by atoms with Gasteiger partial charge in [0.1, 0.15) is 30.0 Å². The highest BCUT2D eigenvalue weighted by Gasteiger charge is 2.29. The number of ether oxygens (including phenoxy) is 3. The lowest BCUT2D eigenvalue weighted by molar-refractivity contribution is 0.0840. The lowest BCUT2D eigenvalue weighted by Crippen LogP contribution is -2.51. The molecule has 0 radical (unpaired) electrons. The van der Waals surface area contributed by atoms with Gasteiger partial charge in [-0.15, -0.1) is 6.42 Å². The molecule has 158 valence electrons. The maximum absolute atomic E-state index is 8.69. The van der Waals surface area contributed by atoms with E-state index in [2.05, 4.69) is 15.9 Å². The lowest BCUT2D eigenvalue weighted by atomic mass is 10.0. The van der Waals surface area contributed by atoms with E-state index < -0.39 is 0 Å². The first-order valence-electron chi connectivity index (χ1n) is 9.73. The Morgan fingerprint density at radius 1 is 1.40 bits per heavy atom. The fraction of sp³-hybridized carbons (Fsp3) is 0.409. The van der Waals surface area contributed by atoms with Crippen molar-refractivity contribution in [1.29, 1.82) is 5.41 Å². The van der Waals surface area contributed by atoms with Crippen LogP contribution in [0.3, 0.4) is 0 Å². The van der Waals surface area contributed by atoms with Crippen molar-refractivity contribution in [2.24, 2.45) is 0 Å². The average molecular weight is 409 g/mol. The van der Waals surface area contributed by atoms with Crippen molar-refractivity contribution < 1.29 is 14.2 Å². The van der Waals surface area contributed by atoms with Crippen LogP contribution in [0.1, 0.15) is 25.1 Å². The Hall–Kier alpha value is -3.15. The standard InChI is InChI=1S/C22H27N5O3/c1-5-16-12-29-10-14(2)27(16)21-9-20(25-13-26-21)22(24)18-8-17(6-7-19(18)23)30-15(3)11-28-4/h1,6-9,13-16,24H,10-12,23H2,2-4H3/t14-,15+,16+/m1/s1. The Kier molecular flexibility index (Phi) is 6.87. The molecule has 1 aromatic carbocycles. The third-order valence-corrected chi connectivity index (χ3v) is 4.84. The third-order valence-electron chi connectivity index (χ3n) is 4.84. The number of nitrogens with two attached hydrogens (primary N) is 1. The van der Waals surface area contributed by atoms with Crippen molar-refractivity contribution in [2.45, 2.75) is 32.0 Å². The Balaban J connectivity index is 1.89. The minimum absolute atomic E-state index is 0.0563. The fourth-order valence-electron chi connectivity index (χ4n) is 3.42. The number of hydrogen-bond donors (Lipinski definition) is 2. The van der Waals surface area contributed by atoms with E-state index in [1.807, 2.05) is 18.7 Å². The summed E-state index contributed by atoms with van der Waals surface area (Å²) in [7, 11) is 1.62. The van der Waals surface area contributed by atoms with Crippen molar-refractivity contribution in [3.8, 4) is 18.1 Å². The maximum atomic E-state index is 8.69. The van der Waals surface area contributed by atoms with Crippen LogP contribution in [0, 0.1) is 17.8 Å². The summed E-state index contributed by atoms with van der Waals surface area (Å²) in [5.41, 5.74) is 7.77. The second kappa shape index (κ2) is 9.57. The van der Waals surface area contributed by atoms with Gasteiger partial charge in [-0.05, 0) is 32.0 Å². The van der Waals surface area contributed by atoms with Crippen molar-refractivity contribution in [2.75, 3.05) is 37.6 Å². The van der Waals surface area contributed by atoms with E-state index in [0.717, 1.165) is 0 Å². The Bertz CT molecular complexity index is 943. The summed E-state index contributed by atoms with van der Waals surface area (Å²) in [4.78, 5) is 10.7. The van der Waals surface area contributed by atoms with Crippen molar-refractivity contribution in [1.82, 2.24) is 9.97 Å². The number of benzene rings is 1. The summed E-state index contributed by atoms with van der Waals surface area (Å²) in [5.74, 6) is 4.01. The van der Waals surface area contributed by atoms with Gasteiger partial charge in [0, 0.05) is 24.4 Å². The van der Waals surface area contributed by atoms with Crippen LogP contribution in [0.5, 0.6) is 5.75 Å². The lowest BCUT2D eigenvalue weighted by Gasteiger charge is -2.38. The Labute approximate surface area is 176 Å². The van der Waals surface area contributed by atoms with Crippen molar-refractivity contribution in [3.05, 3.63) is 41.9 Å². The van der Waals surface area contributed by atoms with Crippen LogP contribution in [0.15, 0.2) is 30.6 Å². The quantitative estimate of drug-likeness (QED) is 0.410. The third kappa shape index (κ3) is 4.70. The molecule has 3 rings (SSSR count). The molecule has 0 unspecified atom stereocenters. The molecule has 0 amide bonds. The summed E-state index contributed by atoms with van der Waals surface area (Å²) in [6, 6.07) is 6.83. The van der Waals surface area contributed by atoms with E-state index in [0.29, 0.717) is 48.3 Å². The van der Waals surface area contributed by atoms with Crippen LogP contribution in [0.4, 0.5) is 11.5 Å². The fourth-order valence-corrected chi connectivity index (χ4v) is 3.42. The Morgan fingerprint density at radius 2 is 2.20 bits per heavy atom. The maximum Gasteiger partial charge on any atom is 0.134 e. The number of rotatable bonds is 7. The van der Waals surface area contributed by atoms with E-state index in [9.17, 15) is 0 Å². The largest absolute Gasteiger partial charge is 0.488 e. The molecule has 0 aliphatic carbocycles. The molecule has 0 spiro atoms. The van der Waals surface area contributed by atoms with Gasteiger partial charge < -0.3 is 24.8 Å². The van der Waals surface area contributed by atoms with Crippen LogP contribution in [-0.2, 0) is 9.47 Å². The SMILES string of the molecule is C#C[C@H]1COC[C@@H](C)N1c1cc(C(=N)c2cc(O[C@@H](C)COC)ccc2N)ncn1. The zero-order valence-electron chi connectivity index (χ0n) is 17.5. The summed E-state index contributed by atoms with van der Waals surface area (Å²) < 4.78 is 16.5. The molecule has 1 aliphatic rings. The van der Waals surface area contributed by atoms with Gasteiger partial charge in [-0.25, -0.2) is 9.97 Å². The molecular weight excluding hydrogens is 382 g/mol. The van der Waals surface area contributed by atoms with Gasteiger partial charge in [0.05, 0.1) is 37.3 Å². The van der Waals surface area contributed by atoms with E-state index in [1.165, 1.54) is 6.33 Å². The van der Waals surface area contributed by atoms with E-state index >= 15 is 0 Å². The van der Waals surface area contributed by atoms with E-state index in [4.69, 9.17) is 31.8 Å². The molecule has 3 N–H and O–H groups in total. The molecule has 2 heterocycles. The second-order valence-corrected chi connectivity index (χ2v) is 7.25. The smallest absolute Gasteiger partial charge is 0.134 e. The predicted molar refractivity (Wildman–Crippen MR) is 116 cm³/mol. The first-order valence-corrected chi connectivity index (χ1v) is 9.73. The summed E-state index contributed by atoms with van der Waals surface area (Å²) in [6.45, 7) is 5.38. The molecule has 0 saturated carbocycles. The number of terminal acetylenes is 1. The van der Waals surface area contributed by atoms with E-state index in [1.54, 1.807) is 31.4 Å². The average Bonchev–Trinajstić information content (AvgIpc) is 2.74. The zero-order valence-corrected chi connectivity index (χ0v) is 17.5. The van der Waals surface area contributed by atoms with Crippen LogP contribution in [0.2, 0.25) is 0 Å². The Morgan fingerprint density at radius 3 is 2.93 bits per heavy atom. The van der Waals surface area contributed by atoms with Gasteiger partial charge in [-0.2, -0.15) is 0 Å². The molecule has 2 aromatic rings. The predicted octanol–water partition coefficient (Wildman–Crippen LogP) is 2.12.